The minimum Gasteiger partial charge on any atom is -0.238 e. The lowest BCUT2D eigenvalue weighted by Crippen LogP contribution is -2.15. The van der Waals surface area contributed by atoms with Gasteiger partial charge in [-0.25, -0.2) is 17.4 Å². The average molecular weight is 398 g/mol. The van der Waals surface area contributed by atoms with E-state index in [0.717, 1.165) is 0 Å². The Bertz CT molecular complexity index is 772. The molecule has 0 saturated heterocycles. The van der Waals surface area contributed by atoms with Crippen LogP contribution >= 0.6 is 39.1 Å². The molecule has 0 radical (unpaired) electrons. The Morgan fingerprint density at radius 3 is 2.50 bits per heavy atom. The lowest BCUT2D eigenvalue weighted by atomic mass is 10.4. The van der Waals surface area contributed by atoms with Crippen molar-refractivity contribution in [3.8, 4) is 0 Å². The van der Waals surface area contributed by atoms with Gasteiger partial charge >= 0.3 is 0 Å². The first kappa shape index (κ1) is 15.8. The predicted molar refractivity (Wildman–Crippen MR) is 83.1 cm³/mol. The van der Waals surface area contributed by atoms with Crippen LogP contribution in [0.2, 0.25) is 10.0 Å². The number of hydrogen-bond acceptors (Lipinski definition) is 3. The lowest BCUT2D eigenvalue weighted by Gasteiger charge is -2.11. The highest BCUT2D eigenvalue weighted by Crippen LogP contribution is 2.33. The number of aromatic nitrogens is 2. The third kappa shape index (κ3) is 2.74. The maximum Gasteiger partial charge on any atom is 0.270 e. The summed E-state index contributed by atoms with van der Waals surface area (Å²) >= 11 is 15.0. The van der Waals surface area contributed by atoms with E-state index in [1.165, 1.54) is 22.3 Å². The summed E-state index contributed by atoms with van der Waals surface area (Å²) in [6, 6.07) is 2.80. The van der Waals surface area contributed by atoms with Crippen LogP contribution in [0.3, 0.4) is 0 Å². The third-order valence-electron chi connectivity index (χ3n) is 2.69. The van der Waals surface area contributed by atoms with Crippen LogP contribution in [-0.2, 0) is 16.4 Å². The fourth-order valence-electron chi connectivity index (χ4n) is 1.78. The van der Waals surface area contributed by atoms with Gasteiger partial charge in [-0.3, -0.25) is 0 Å². The Morgan fingerprint density at radius 1 is 1.30 bits per heavy atom. The van der Waals surface area contributed by atoms with E-state index in [1.54, 1.807) is 6.92 Å². The van der Waals surface area contributed by atoms with Crippen LogP contribution < -0.4 is 0 Å². The average Bonchev–Trinajstić information content (AvgIpc) is 2.75. The molecule has 0 fully saturated rings. The molecule has 20 heavy (non-hydrogen) atoms. The van der Waals surface area contributed by atoms with Crippen LogP contribution in [-0.4, -0.2) is 17.4 Å². The molecule has 2 rings (SSSR count). The van der Waals surface area contributed by atoms with Crippen molar-refractivity contribution >= 4 is 49.2 Å². The highest BCUT2D eigenvalue weighted by molar-refractivity contribution is 9.10. The predicted octanol–water partition coefficient (Wildman–Crippen LogP) is 4.06. The first-order chi connectivity index (χ1) is 9.27. The second-order valence-electron chi connectivity index (χ2n) is 4.15. The molecule has 108 valence electrons. The van der Waals surface area contributed by atoms with Crippen molar-refractivity contribution in [1.82, 2.24) is 8.96 Å². The van der Waals surface area contributed by atoms with E-state index < -0.39 is 10.0 Å². The van der Waals surface area contributed by atoms with E-state index in [9.17, 15) is 8.42 Å². The number of halogens is 3. The van der Waals surface area contributed by atoms with Crippen molar-refractivity contribution in [3.05, 3.63) is 44.4 Å². The molecular formula is C12H11BrCl2N2O2S. The summed E-state index contributed by atoms with van der Waals surface area (Å²) in [5.41, 5.74) is 0.640. The van der Waals surface area contributed by atoms with Crippen LogP contribution in [0.5, 0.6) is 0 Å². The molecular weight excluding hydrogens is 387 g/mol. The van der Waals surface area contributed by atoms with Gasteiger partial charge in [-0.1, -0.05) is 30.1 Å². The van der Waals surface area contributed by atoms with Crippen LogP contribution in [0.25, 0.3) is 0 Å². The fraction of sp³-hybridized carbons (Fsp3) is 0.250. The molecule has 0 aliphatic rings. The molecule has 1 heterocycles. The van der Waals surface area contributed by atoms with E-state index in [4.69, 9.17) is 23.2 Å². The monoisotopic (exact) mass is 396 g/mol. The number of rotatable bonds is 3. The summed E-state index contributed by atoms with van der Waals surface area (Å²) in [6.07, 6.45) is 2.00. The number of benzene rings is 1. The van der Waals surface area contributed by atoms with Gasteiger partial charge in [-0.05, 0) is 35.0 Å². The zero-order valence-corrected chi connectivity index (χ0v) is 14.6. The first-order valence-electron chi connectivity index (χ1n) is 5.72. The number of aryl methyl sites for hydroxylation is 2. The molecule has 1 aromatic heterocycles. The minimum atomic E-state index is -3.77. The molecule has 0 aliphatic carbocycles. The normalized spacial score (nSPS) is 11.8. The SMILES string of the molecule is CCc1nc(C)cn1S(=O)(=O)c1cc(Cl)c(Cl)cc1Br. The zero-order chi connectivity index (χ0) is 15.1. The summed E-state index contributed by atoms with van der Waals surface area (Å²) in [4.78, 5) is 4.25. The molecule has 0 bridgehead atoms. The van der Waals surface area contributed by atoms with Gasteiger partial charge in [0, 0.05) is 17.1 Å². The largest absolute Gasteiger partial charge is 0.270 e. The number of hydrogen-bond donors (Lipinski definition) is 0. The van der Waals surface area contributed by atoms with Gasteiger partial charge in [0.2, 0.25) is 0 Å². The van der Waals surface area contributed by atoms with E-state index >= 15 is 0 Å². The summed E-state index contributed by atoms with van der Waals surface area (Å²) in [5, 5.41) is 0.471. The van der Waals surface area contributed by atoms with Crippen molar-refractivity contribution in [2.45, 2.75) is 25.2 Å². The second-order valence-corrected chi connectivity index (χ2v) is 7.60. The quantitative estimate of drug-likeness (QED) is 0.733. The highest BCUT2D eigenvalue weighted by Gasteiger charge is 2.24. The number of nitrogens with zero attached hydrogens (tertiary/aromatic N) is 2. The highest BCUT2D eigenvalue weighted by atomic mass is 79.9. The molecule has 0 unspecified atom stereocenters. The molecule has 0 amide bonds. The Morgan fingerprint density at radius 2 is 1.90 bits per heavy atom. The van der Waals surface area contributed by atoms with E-state index in [2.05, 4.69) is 20.9 Å². The van der Waals surface area contributed by atoms with E-state index in [-0.39, 0.29) is 14.9 Å². The van der Waals surface area contributed by atoms with E-state index in [0.29, 0.717) is 22.4 Å². The Hall–Kier alpha value is -0.560. The summed E-state index contributed by atoms with van der Waals surface area (Å²) in [5.74, 6) is 0.473. The van der Waals surface area contributed by atoms with Crippen LogP contribution in [0, 0.1) is 6.92 Å². The van der Waals surface area contributed by atoms with Crippen molar-refractivity contribution in [2.75, 3.05) is 0 Å². The van der Waals surface area contributed by atoms with Crippen molar-refractivity contribution < 1.29 is 8.42 Å². The summed E-state index contributed by atoms with van der Waals surface area (Å²) in [7, 11) is -3.77. The van der Waals surface area contributed by atoms with Crippen LogP contribution in [0.4, 0.5) is 0 Å². The number of imidazole rings is 1. The van der Waals surface area contributed by atoms with Gasteiger partial charge in [-0.2, -0.15) is 0 Å². The van der Waals surface area contributed by atoms with Gasteiger partial charge in [-0.15, -0.1) is 0 Å². The first-order valence-corrected chi connectivity index (χ1v) is 8.71. The van der Waals surface area contributed by atoms with Crippen molar-refractivity contribution in [3.63, 3.8) is 0 Å². The fourth-order valence-corrected chi connectivity index (χ4v) is 4.78. The van der Waals surface area contributed by atoms with Gasteiger partial charge in [0.05, 0.1) is 15.7 Å². The smallest absolute Gasteiger partial charge is 0.238 e. The molecule has 0 aliphatic heterocycles. The standard InChI is InChI=1S/C12H11BrCl2N2O2S/c1-3-12-16-7(2)6-17(12)20(18,19)11-5-10(15)9(14)4-8(11)13/h4-6H,3H2,1-2H3. The Labute approximate surface area is 135 Å². The lowest BCUT2D eigenvalue weighted by molar-refractivity contribution is 0.584. The van der Waals surface area contributed by atoms with Crippen LogP contribution in [0.1, 0.15) is 18.4 Å². The minimum absolute atomic E-state index is 0.0546. The molecule has 8 heteroatoms. The Balaban J connectivity index is 2.70. The van der Waals surface area contributed by atoms with E-state index in [1.807, 2.05) is 6.92 Å². The maximum absolute atomic E-state index is 12.7. The van der Waals surface area contributed by atoms with Crippen molar-refractivity contribution in [1.29, 1.82) is 0 Å². The molecule has 2 aromatic rings. The molecule has 0 atom stereocenters. The topological polar surface area (TPSA) is 52.0 Å². The van der Waals surface area contributed by atoms with Gasteiger partial charge in [0.15, 0.2) is 0 Å². The molecule has 0 saturated carbocycles. The zero-order valence-electron chi connectivity index (χ0n) is 10.7. The maximum atomic E-state index is 12.7. The summed E-state index contributed by atoms with van der Waals surface area (Å²) < 4.78 is 26.9. The second kappa shape index (κ2) is 5.67. The molecule has 0 spiro atoms. The van der Waals surface area contributed by atoms with Gasteiger partial charge in [0.1, 0.15) is 10.7 Å². The third-order valence-corrected chi connectivity index (χ3v) is 6.06. The van der Waals surface area contributed by atoms with Gasteiger partial charge in [0.25, 0.3) is 10.0 Å². The molecule has 4 nitrogen and oxygen atoms in total. The van der Waals surface area contributed by atoms with Crippen LogP contribution in [0.15, 0.2) is 27.7 Å². The summed E-state index contributed by atoms with van der Waals surface area (Å²) in [6.45, 7) is 3.59. The van der Waals surface area contributed by atoms with Gasteiger partial charge < -0.3 is 0 Å². The molecule has 0 N–H and O–H groups in total. The van der Waals surface area contributed by atoms with Crippen molar-refractivity contribution in [2.24, 2.45) is 0 Å². The molecule has 1 aromatic carbocycles. The Kier molecular flexibility index (Phi) is 4.49.